The molecule has 0 aliphatic carbocycles. The summed E-state index contributed by atoms with van der Waals surface area (Å²) in [5, 5.41) is 13.0. The van der Waals surface area contributed by atoms with Crippen molar-refractivity contribution in [2.45, 2.75) is 25.7 Å². The van der Waals surface area contributed by atoms with Crippen LogP contribution in [-0.4, -0.2) is 59.2 Å². The van der Waals surface area contributed by atoms with E-state index in [9.17, 15) is 4.79 Å². The Morgan fingerprint density at radius 3 is 3.00 bits per heavy atom. The van der Waals surface area contributed by atoms with E-state index in [1.807, 2.05) is 13.8 Å². The minimum Gasteiger partial charge on any atom is -0.394 e. The molecule has 0 bridgehead atoms. The number of hydrogen-bond donors (Lipinski definition) is 1. The highest BCUT2D eigenvalue weighted by Gasteiger charge is 2.23. The minimum atomic E-state index is -0.250. The van der Waals surface area contributed by atoms with Crippen LogP contribution in [0.5, 0.6) is 0 Å². The summed E-state index contributed by atoms with van der Waals surface area (Å²) in [5.74, 6) is 2.04. The lowest BCUT2D eigenvalue weighted by molar-refractivity contribution is -0.137. The Morgan fingerprint density at radius 1 is 1.55 bits per heavy atom. The third-order valence-electron chi connectivity index (χ3n) is 3.35. The number of aryl methyl sites for hydroxylation is 2. The van der Waals surface area contributed by atoms with E-state index < -0.39 is 0 Å². The number of thioether (sulfide) groups is 1. The summed E-state index contributed by atoms with van der Waals surface area (Å²) in [4.78, 5) is 13.8. The number of rotatable bonds is 5. The second kappa shape index (κ2) is 7.10. The molecule has 1 fully saturated rings. The lowest BCUT2D eigenvalue weighted by atomic mass is 10.2. The maximum Gasteiger partial charge on any atom is 0.232 e. The molecule has 2 heterocycles. The first kappa shape index (κ1) is 15.3. The van der Waals surface area contributed by atoms with Gasteiger partial charge in [-0.05, 0) is 13.8 Å². The first-order valence-electron chi connectivity index (χ1n) is 6.61. The highest BCUT2D eigenvalue weighted by Crippen LogP contribution is 2.20. The molecule has 0 aromatic carbocycles. The molecule has 1 aliphatic heterocycles. The summed E-state index contributed by atoms with van der Waals surface area (Å²) in [6.45, 7) is 5.30. The van der Waals surface area contributed by atoms with Crippen molar-refractivity contribution in [2.75, 3.05) is 32.1 Å². The summed E-state index contributed by atoms with van der Waals surface area (Å²) in [6, 6.07) is 0. The minimum absolute atomic E-state index is 0.0456. The summed E-state index contributed by atoms with van der Waals surface area (Å²) < 4.78 is 10.4. The highest BCUT2D eigenvalue weighted by molar-refractivity contribution is 7.99. The van der Waals surface area contributed by atoms with Crippen molar-refractivity contribution in [3.8, 4) is 0 Å². The van der Waals surface area contributed by atoms with Gasteiger partial charge in [0.05, 0.1) is 30.8 Å². The maximum absolute atomic E-state index is 12.1. The molecule has 112 valence electrons. The van der Waals surface area contributed by atoms with Crippen molar-refractivity contribution in [3.05, 3.63) is 17.0 Å². The number of ether oxygens (including phenoxy) is 1. The predicted octanol–water partition coefficient (Wildman–Crippen LogP) is 0.744. The van der Waals surface area contributed by atoms with Gasteiger partial charge in [-0.15, -0.1) is 11.8 Å². The van der Waals surface area contributed by atoms with Gasteiger partial charge >= 0.3 is 0 Å². The Morgan fingerprint density at radius 2 is 2.35 bits per heavy atom. The number of aromatic nitrogens is 1. The van der Waals surface area contributed by atoms with Crippen molar-refractivity contribution in [1.82, 2.24) is 10.1 Å². The molecule has 1 unspecified atom stereocenters. The standard InChI is InChI=1S/C13H20N2O4S/c1-9-12(10(2)19-14-9)7-20-8-13(17)15-3-4-18-11(5-15)6-16/h11,16H,3-8H2,1-2H3. The number of morpholine rings is 1. The SMILES string of the molecule is Cc1noc(C)c1CSCC(=O)N1CCOC(CO)C1. The van der Waals surface area contributed by atoms with Gasteiger partial charge in [-0.1, -0.05) is 5.16 Å². The van der Waals surface area contributed by atoms with Crippen LogP contribution in [0.3, 0.4) is 0 Å². The van der Waals surface area contributed by atoms with Crippen molar-refractivity contribution in [1.29, 1.82) is 0 Å². The lowest BCUT2D eigenvalue weighted by Gasteiger charge is -2.32. The quantitative estimate of drug-likeness (QED) is 0.864. The van der Waals surface area contributed by atoms with E-state index in [4.69, 9.17) is 14.4 Å². The maximum atomic E-state index is 12.1. The van der Waals surface area contributed by atoms with Gasteiger partial charge in [0.1, 0.15) is 5.76 Å². The molecule has 1 saturated heterocycles. The van der Waals surface area contributed by atoms with Gasteiger partial charge in [-0.3, -0.25) is 4.79 Å². The fraction of sp³-hybridized carbons (Fsp3) is 0.692. The molecule has 1 aromatic heterocycles. The van der Waals surface area contributed by atoms with Gasteiger partial charge in [0.2, 0.25) is 5.91 Å². The zero-order valence-corrected chi connectivity index (χ0v) is 12.6. The van der Waals surface area contributed by atoms with Gasteiger partial charge < -0.3 is 19.3 Å². The van der Waals surface area contributed by atoms with E-state index in [2.05, 4.69) is 5.16 Å². The van der Waals surface area contributed by atoms with Crippen molar-refractivity contribution < 1.29 is 19.2 Å². The molecule has 1 aliphatic rings. The number of carbonyl (C=O) groups is 1. The van der Waals surface area contributed by atoms with Crippen LogP contribution in [0.2, 0.25) is 0 Å². The van der Waals surface area contributed by atoms with Gasteiger partial charge in [-0.2, -0.15) is 0 Å². The van der Waals surface area contributed by atoms with Crippen molar-refractivity contribution >= 4 is 17.7 Å². The van der Waals surface area contributed by atoms with Gasteiger partial charge in [0, 0.05) is 24.4 Å². The molecule has 20 heavy (non-hydrogen) atoms. The summed E-state index contributed by atoms with van der Waals surface area (Å²) in [5.41, 5.74) is 1.95. The van der Waals surface area contributed by atoms with Crippen LogP contribution in [0.4, 0.5) is 0 Å². The van der Waals surface area contributed by atoms with Crippen molar-refractivity contribution in [2.24, 2.45) is 0 Å². The molecular weight excluding hydrogens is 280 g/mol. The second-order valence-corrected chi connectivity index (χ2v) is 5.80. The zero-order valence-electron chi connectivity index (χ0n) is 11.8. The third-order valence-corrected chi connectivity index (χ3v) is 4.29. The number of hydrogen-bond acceptors (Lipinski definition) is 6. The fourth-order valence-corrected chi connectivity index (χ4v) is 3.17. The van der Waals surface area contributed by atoms with Crippen LogP contribution in [0.25, 0.3) is 0 Å². The molecule has 1 aromatic rings. The van der Waals surface area contributed by atoms with Crippen LogP contribution in [0.1, 0.15) is 17.0 Å². The molecule has 2 rings (SSSR count). The van der Waals surface area contributed by atoms with Crippen LogP contribution in [-0.2, 0) is 15.3 Å². The van der Waals surface area contributed by atoms with Gasteiger partial charge in [-0.25, -0.2) is 0 Å². The number of amides is 1. The van der Waals surface area contributed by atoms with E-state index in [0.717, 1.165) is 22.8 Å². The number of aliphatic hydroxyl groups excluding tert-OH is 1. The molecule has 0 radical (unpaired) electrons. The van der Waals surface area contributed by atoms with E-state index in [1.165, 1.54) is 0 Å². The normalized spacial score (nSPS) is 19.4. The van der Waals surface area contributed by atoms with Gasteiger partial charge in [0.25, 0.3) is 0 Å². The second-order valence-electron chi connectivity index (χ2n) is 4.81. The summed E-state index contributed by atoms with van der Waals surface area (Å²) in [6.07, 6.45) is -0.250. The number of aliphatic hydroxyl groups is 1. The van der Waals surface area contributed by atoms with Crippen LogP contribution in [0, 0.1) is 13.8 Å². The van der Waals surface area contributed by atoms with E-state index in [0.29, 0.717) is 25.4 Å². The molecular formula is C13H20N2O4S. The topological polar surface area (TPSA) is 75.8 Å². The molecule has 0 spiro atoms. The summed E-state index contributed by atoms with van der Waals surface area (Å²) in [7, 11) is 0. The number of carbonyl (C=O) groups excluding carboxylic acids is 1. The first-order valence-corrected chi connectivity index (χ1v) is 7.77. The average Bonchev–Trinajstić information content (AvgIpc) is 2.79. The molecule has 7 heteroatoms. The largest absolute Gasteiger partial charge is 0.394 e. The van der Waals surface area contributed by atoms with Crippen LogP contribution >= 0.6 is 11.8 Å². The fourth-order valence-electron chi connectivity index (χ4n) is 2.10. The Balaban J connectivity index is 1.78. The molecule has 6 nitrogen and oxygen atoms in total. The monoisotopic (exact) mass is 300 g/mol. The molecule has 1 N–H and O–H groups in total. The average molecular weight is 300 g/mol. The third kappa shape index (κ3) is 3.74. The Hall–Kier alpha value is -1.05. The Labute approximate surface area is 122 Å². The summed E-state index contributed by atoms with van der Waals surface area (Å²) >= 11 is 1.56. The van der Waals surface area contributed by atoms with E-state index in [1.54, 1.807) is 16.7 Å². The lowest BCUT2D eigenvalue weighted by Crippen LogP contribution is -2.47. The highest BCUT2D eigenvalue weighted by atomic mass is 32.2. The van der Waals surface area contributed by atoms with Crippen LogP contribution in [0.15, 0.2) is 4.52 Å². The van der Waals surface area contributed by atoms with Crippen molar-refractivity contribution in [3.63, 3.8) is 0 Å². The first-order chi connectivity index (χ1) is 9.61. The molecule has 0 saturated carbocycles. The van der Waals surface area contributed by atoms with E-state index >= 15 is 0 Å². The smallest absolute Gasteiger partial charge is 0.232 e. The Bertz CT molecular complexity index is 444. The zero-order chi connectivity index (χ0) is 14.5. The molecule has 1 amide bonds. The van der Waals surface area contributed by atoms with Crippen LogP contribution < -0.4 is 0 Å². The van der Waals surface area contributed by atoms with E-state index in [-0.39, 0.29) is 18.6 Å². The Kier molecular flexibility index (Phi) is 5.45. The number of nitrogens with zero attached hydrogens (tertiary/aromatic N) is 2. The predicted molar refractivity (Wildman–Crippen MR) is 75.5 cm³/mol. The van der Waals surface area contributed by atoms with Gasteiger partial charge in [0.15, 0.2) is 0 Å². The molecule has 1 atom stereocenters.